The molecule has 0 radical (unpaired) electrons. The molecule has 176 valence electrons. The first-order chi connectivity index (χ1) is 16.4. The molecule has 7 nitrogen and oxygen atoms in total. The summed E-state index contributed by atoms with van der Waals surface area (Å²) in [5.74, 6) is -0.266. The van der Waals surface area contributed by atoms with Gasteiger partial charge in [-0.3, -0.25) is 9.69 Å². The van der Waals surface area contributed by atoms with Crippen LogP contribution in [0.1, 0.15) is 25.0 Å². The predicted octanol–water partition coefficient (Wildman–Crippen LogP) is 4.43. The van der Waals surface area contributed by atoms with Gasteiger partial charge in [0.1, 0.15) is 11.4 Å². The lowest BCUT2D eigenvalue weighted by atomic mass is 10.1. The quantitative estimate of drug-likeness (QED) is 0.504. The Morgan fingerprint density at radius 2 is 1.47 bits per heavy atom. The Hall–Kier alpha value is -3.65. The molecule has 0 saturated heterocycles. The molecule has 34 heavy (non-hydrogen) atoms. The van der Waals surface area contributed by atoms with Gasteiger partial charge in [-0.05, 0) is 42.7 Å². The van der Waals surface area contributed by atoms with E-state index in [1.807, 2.05) is 44.2 Å². The van der Waals surface area contributed by atoms with Crippen LogP contribution >= 0.6 is 0 Å². The monoisotopic (exact) mass is 477 g/mol. The number of aryl methyl sites for hydroxylation is 1. The molecule has 0 bridgehead atoms. The van der Waals surface area contributed by atoms with E-state index in [0.29, 0.717) is 25.2 Å². The van der Waals surface area contributed by atoms with Crippen LogP contribution in [-0.4, -0.2) is 38.3 Å². The summed E-state index contributed by atoms with van der Waals surface area (Å²) in [5.41, 5.74) is 2.22. The third kappa shape index (κ3) is 4.28. The second-order valence-electron chi connectivity index (χ2n) is 7.98. The highest BCUT2D eigenvalue weighted by atomic mass is 32.2. The number of hydrogen-bond donors (Lipinski definition) is 0. The van der Waals surface area contributed by atoms with E-state index in [1.165, 1.54) is 11.0 Å². The summed E-state index contributed by atoms with van der Waals surface area (Å²) in [6.45, 7) is 4.37. The third-order valence-corrected chi connectivity index (χ3v) is 7.65. The van der Waals surface area contributed by atoms with Crippen LogP contribution < -0.4 is 9.21 Å². The van der Waals surface area contributed by atoms with Crippen LogP contribution in [0.3, 0.4) is 0 Å². The molecule has 1 heterocycles. The molecule has 1 aliphatic heterocycles. The maximum absolute atomic E-state index is 13.7. The van der Waals surface area contributed by atoms with Gasteiger partial charge in [-0.1, -0.05) is 67.6 Å². The molecule has 3 amide bonds. The highest BCUT2D eigenvalue weighted by Gasteiger charge is 2.43. The summed E-state index contributed by atoms with van der Waals surface area (Å²) in [4.78, 5) is 29.9. The molecule has 8 heteroatoms. The molecule has 4 rings (SSSR count). The van der Waals surface area contributed by atoms with Gasteiger partial charge in [-0.2, -0.15) is 4.31 Å². The van der Waals surface area contributed by atoms with Crippen molar-refractivity contribution in [3.05, 3.63) is 90.0 Å². The van der Waals surface area contributed by atoms with Crippen LogP contribution in [0.4, 0.5) is 16.2 Å². The van der Waals surface area contributed by atoms with Gasteiger partial charge >= 0.3 is 6.03 Å². The molecule has 0 aliphatic carbocycles. The Morgan fingerprint density at radius 1 is 0.853 bits per heavy atom. The lowest BCUT2D eigenvalue weighted by Gasteiger charge is -2.37. The summed E-state index contributed by atoms with van der Waals surface area (Å²) >= 11 is 0. The van der Waals surface area contributed by atoms with Crippen LogP contribution in [0.5, 0.6) is 0 Å². The van der Waals surface area contributed by atoms with E-state index < -0.39 is 16.1 Å². The lowest BCUT2D eigenvalue weighted by Crippen LogP contribution is -2.54. The summed E-state index contributed by atoms with van der Waals surface area (Å²) in [6, 6.07) is 22.1. The number of amides is 3. The van der Waals surface area contributed by atoms with Gasteiger partial charge in [0.2, 0.25) is 5.91 Å². The standard InChI is InChI=1S/C26H27N3O4S/c1-3-21-14-8-9-15-22(21)29-26(31)28(23-16-10-11-17-24(23)34(29,32)33)19-25(30)27(4-2)18-20-12-6-5-7-13-20/h5-17H,3-4,18-19H2,1-2H3. The Morgan fingerprint density at radius 3 is 2.15 bits per heavy atom. The van der Waals surface area contributed by atoms with E-state index in [0.717, 1.165) is 15.4 Å². The highest BCUT2D eigenvalue weighted by Crippen LogP contribution is 2.38. The Balaban J connectivity index is 1.73. The van der Waals surface area contributed by atoms with Crippen molar-refractivity contribution < 1.29 is 18.0 Å². The molecule has 3 aromatic rings. The minimum Gasteiger partial charge on any atom is -0.337 e. The number of carbonyl (C=O) groups is 2. The van der Waals surface area contributed by atoms with Crippen molar-refractivity contribution in [2.45, 2.75) is 31.7 Å². The molecule has 3 aromatic carbocycles. The van der Waals surface area contributed by atoms with E-state index in [9.17, 15) is 18.0 Å². The van der Waals surface area contributed by atoms with Crippen molar-refractivity contribution in [3.63, 3.8) is 0 Å². The summed E-state index contributed by atoms with van der Waals surface area (Å²) in [5, 5.41) is 0. The smallest absolute Gasteiger partial charge is 0.337 e. The number of carbonyl (C=O) groups excluding carboxylic acids is 2. The molecule has 0 saturated carbocycles. The fourth-order valence-corrected chi connectivity index (χ4v) is 5.75. The number of anilines is 2. The first kappa shape index (κ1) is 23.5. The number of urea groups is 1. The maximum Gasteiger partial charge on any atom is 0.343 e. The second-order valence-corrected chi connectivity index (χ2v) is 9.74. The normalized spacial score (nSPS) is 14.6. The van der Waals surface area contributed by atoms with Gasteiger partial charge in [-0.15, -0.1) is 0 Å². The molecule has 0 fully saturated rings. The van der Waals surface area contributed by atoms with E-state index >= 15 is 0 Å². The molecular formula is C26H27N3O4S. The van der Waals surface area contributed by atoms with Crippen molar-refractivity contribution in [3.8, 4) is 0 Å². The zero-order valence-electron chi connectivity index (χ0n) is 19.2. The average molecular weight is 478 g/mol. The Kier molecular flexibility index (Phi) is 6.70. The van der Waals surface area contributed by atoms with E-state index in [2.05, 4.69) is 0 Å². The number of sulfonamides is 1. The number of hydrogen-bond acceptors (Lipinski definition) is 4. The summed E-state index contributed by atoms with van der Waals surface area (Å²) < 4.78 is 27.9. The topological polar surface area (TPSA) is 78.0 Å². The highest BCUT2D eigenvalue weighted by molar-refractivity contribution is 7.94. The molecule has 0 N–H and O–H groups in total. The Bertz CT molecular complexity index is 1310. The summed E-state index contributed by atoms with van der Waals surface area (Å²) in [7, 11) is -4.14. The Labute approximate surface area is 200 Å². The van der Waals surface area contributed by atoms with Gasteiger partial charge in [-0.25, -0.2) is 13.2 Å². The zero-order valence-corrected chi connectivity index (χ0v) is 20.0. The number of rotatable bonds is 7. The van der Waals surface area contributed by atoms with Gasteiger partial charge < -0.3 is 4.90 Å². The van der Waals surface area contributed by atoms with Crippen LogP contribution in [0.15, 0.2) is 83.8 Å². The largest absolute Gasteiger partial charge is 0.343 e. The summed E-state index contributed by atoms with van der Waals surface area (Å²) in [6.07, 6.45) is 0.552. The lowest BCUT2D eigenvalue weighted by molar-refractivity contribution is -0.130. The van der Waals surface area contributed by atoms with E-state index in [4.69, 9.17) is 0 Å². The zero-order chi connectivity index (χ0) is 24.3. The number of nitrogens with zero attached hydrogens (tertiary/aromatic N) is 3. The van der Waals surface area contributed by atoms with Crippen LogP contribution in [0, 0.1) is 0 Å². The van der Waals surface area contributed by atoms with Crippen LogP contribution in [-0.2, 0) is 27.8 Å². The number of para-hydroxylation sites is 2. The first-order valence-electron chi connectivity index (χ1n) is 11.2. The van der Waals surface area contributed by atoms with Crippen molar-refractivity contribution in [2.24, 2.45) is 0 Å². The van der Waals surface area contributed by atoms with Gasteiger partial charge in [0, 0.05) is 13.1 Å². The predicted molar refractivity (Wildman–Crippen MR) is 132 cm³/mol. The minimum atomic E-state index is -4.14. The molecule has 0 spiro atoms. The second kappa shape index (κ2) is 9.69. The van der Waals surface area contributed by atoms with E-state index in [1.54, 1.807) is 47.4 Å². The third-order valence-electron chi connectivity index (χ3n) is 5.91. The fourth-order valence-electron chi connectivity index (χ4n) is 4.12. The van der Waals surface area contributed by atoms with Gasteiger partial charge in [0.25, 0.3) is 10.0 Å². The van der Waals surface area contributed by atoms with Gasteiger partial charge in [0.15, 0.2) is 0 Å². The van der Waals surface area contributed by atoms with Crippen molar-refractivity contribution in [2.75, 3.05) is 22.3 Å². The number of likely N-dealkylation sites (N-methyl/N-ethyl adjacent to an activating group) is 1. The SMILES string of the molecule is CCc1ccccc1N1C(=O)N(CC(=O)N(CC)Cc2ccccc2)c2ccccc2S1(=O)=O. The molecule has 1 aliphatic rings. The van der Waals surface area contributed by atoms with Gasteiger partial charge in [0.05, 0.1) is 11.4 Å². The minimum absolute atomic E-state index is 0.000543. The van der Waals surface area contributed by atoms with Crippen molar-refractivity contribution >= 4 is 33.3 Å². The first-order valence-corrected chi connectivity index (χ1v) is 12.7. The van der Waals surface area contributed by atoms with Crippen molar-refractivity contribution in [1.82, 2.24) is 4.90 Å². The average Bonchev–Trinajstić information content (AvgIpc) is 2.86. The van der Waals surface area contributed by atoms with E-state index in [-0.39, 0.29) is 23.0 Å². The maximum atomic E-state index is 13.7. The molecule has 0 unspecified atom stereocenters. The van der Waals surface area contributed by atoms with Crippen molar-refractivity contribution in [1.29, 1.82) is 0 Å². The molecule has 0 aromatic heterocycles. The number of fused-ring (bicyclic) bond motifs is 1. The van der Waals surface area contributed by atoms with Crippen LogP contribution in [0.2, 0.25) is 0 Å². The number of benzene rings is 3. The van der Waals surface area contributed by atoms with Crippen LogP contribution in [0.25, 0.3) is 0 Å². The fraction of sp³-hybridized carbons (Fsp3) is 0.231. The molecule has 0 atom stereocenters. The molecular weight excluding hydrogens is 450 g/mol.